The van der Waals surface area contributed by atoms with E-state index in [0.717, 1.165) is 28.0 Å². The number of thiophene rings is 1. The number of nitrogens with zero attached hydrogens (tertiary/aromatic N) is 1. The molecule has 1 aliphatic rings. The number of rotatable bonds is 5. The van der Waals surface area contributed by atoms with Crippen molar-refractivity contribution in [2.24, 2.45) is 0 Å². The molecule has 0 amide bonds. The fraction of sp³-hybridized carbons (Fsp3) is 0.273. The van der Waals surface area contributed by atoms with E-state index in [1.165, 1.54) is 19.2 Å². The van der Waals surface area contributed by atoms with Crippen molar-refractivity contribution in [2.75, 3.05) is 13.7 Å². The molecular formula is C22H20F3NO3S. The summed E-state index contributed by atoms with van der Waals surface area (Å²) in [5.41, 5.74) is 2.79. The van der Waals surface area contributed by atoms with Crippen LogP contribution in [0.4, 0.5) is 13.2 Å². The lowest BCUT2D eigenvalue weighted by Crippen LogP contribution is -2.35. The number of hydrogen-bond donors (Lipinski definition) is 1. The maximum Gasteiger partial charge on any atom is 0.573 e. The van der Waals surface area contributed by atoms with Crippen molar-refractivity contribution in [2.45, 2.75) is 25.4 Å². The average Bonchev–Trinajstić information content (AvgIpc) is 3.20. The molecule has 2 aromatic carbocycles. The van der Waals surface area contributed by atoms with E-state index in [0.29, 0.717) is 18.8 Å². The van der Waals surface area contributed by atoms with E-state index in [1.54, 1.807) is 29.5 Å². The number of halogens is 3. The molecule has 4 nitrogen and oxygen atoms in total. The molecule has 30 heavy (non-hydrogen) atoms. The van der Waals surface area contributed by atoms with Gasteiger partial charge < -0.3 is 14.6 Å². The van der Waals surface area contributed by atoms with Gasteiger partial charge in [0, 0.05) is 18.0 Å². The fourth-order valence-electron chi connectivity index (χ4n) is 3.88. The van der Waals surface area contributed by atoms with E-state index in [1.807, 2.05) is 23.6 Å². The lowest BCUT2D eigenvalue weighted by molar-refractivity contribution is -0.274. The van der Waals surface area contributed by atoms with E-state index >= 15 is 0 Å². The molecule has 0 spiro atoms. The molecule has 158 valence electrons. The summed E-state index contributed by atoms with van der Waals surface area (Å²) in [6.07, 6.45) is -3.98. The minimum atomic E-state index is -4.72. The van der Waals surface area contributed by atoms with Crippen LogP contribution in [0.15, 0.2) is 53.9 Å². The second kappa shape index (κ2) is 8.20. The first-order valence-electron chi connectivity index (χ1n) is 9.36. The van der Waals surface area contributed by atoms with Crippen LogP contribution in [0.1, 0.15) is 27.6 Å². The number of hydrogen-bond acceptors (Lipinski definition) is 5. The number of aromatic hydroxyl groups is 1. The molecule has 0 saturated heterocycles. The number of ether oxygens (including phenoxy) is 2. The van der Waals surface area contributed by atoms with Crippen molar-refractivity contribution in [3.63, 3.8) is 0 Å². The zero-order valence-corrected chi connectivity index (χ0v) is 17.0. The Morgan fingerprint density at radius 2 is 2.00 bits per heavy atom. The van der Waals surface area contributed by atoms with E-state index in [2.05, 4.69) is 9.64 Å². The monoisotopic (exact) mass is 435 g/mol. The first-order valence-corrected chi connectivity index (χ1v) is 10.2. The van der Waals surface area contributed by atoms with Crippen molar-refractivity contribution in [1.29, 1.82) is 0 Å². The highest BCUT2D eigenvalue weighted by atomic mass is 32.1. The van der Waals surface area contributed by atoms with Crippen LogP contribution in [0.2, 0.25) is 0 Å². The van der Waals surface area contributed by atoms with Gasteiger partial charge in [0.15, 0.2) is 11.5 Å². The summed E-state index contributed by atoms with van der Waals surface area (Å²) in [7, 11) is 1.52. The van der Waals surface area contributed by atoms with Crippen molar-refractivity contribution in [3.05, 3.63) is 75.5 Å². The van der Waals surface area contributed by atoms with Crippen LogP contribution < -0.4 is 9.47 Å². The summed E-state index contributed by atoms with van der Waals surface area (Å²) in [4.78, 5) is 3.30. The standard InChI is InChI=1S/C22H20F3NO3S/c1-28-19-11-15-7-8-26(13-14-4-2-5-16(10-14)29-22(23,24)25)21(17(15)12-18(19)27)20-6-3-9-30-20/h2-6,9-12,21,27H,7-8,13H2,1H3. The van der Waals surface area contributed by atoms with Gasteiger partial charge in [0.05, 0.1) is 13.2 Å². The third-order valence-corrected chi connectivity index (χ3v) is 6.02. The Morgan fingerprint density at radius 1 is 1.17 bits per heavy atom. The normalized spacial score (nSPS) is 16.9. The molecule has 1 N–H and O–H groups in total. The summed E-state index contributed by atoms with van der Waals surface area (Å²) < 4.78 is 47.0. The van der Waals surface area contributed by atoms with Crippen molar-refractivity contribution in [3.8, 4) is 17.2 Å². The molecule has 3 aromatic rings. The highest BCUT2D eigenvalue weighted by Gasteiger charge is 2.32. The van der Waals surface area contributed by atoms with Crippen LogP contribution in [0.25, 0.3) is 0 Å². The molecule has 1 aliphatic heterocycles. The van der Waals surface area contributed by atoms with Gasteiger partial charge in [0.25, 0.3) is 0 Å². The molecule has 2 heterocycles. The van der Waals surface area contributed by atoms with Crippen LogP contribution in [0.3, 0.4) is 0 Å². The first kappa shape index (κ1) is 20.6. The second-order valence-electron chi connectivity index (χ2n) is 7.06. The quantitative estimate of drug-likeness (QED) is 0.574. The molecular weight excluding hydrogens is 415 g/mol. The number of benzene rings is 2. The minimum absolute atomic E-state index is 0.0697. The van der Waals surface area contributed by atoms with Gasteiger partial charge in [0.1, 0.15) is 5.75 Å². The first-order chi connectivity index (χ1) is 14.3. The number of phenolic OH excluding ortho intramolecular Hbond substituents is 1. The highest BCUT2D eigenvalue weighted by Crippen LogP contribution is 2.42. The van der Waals surface area contributed by atoms with E-state index in [4.69, 9.17) is 4.74 Å². The van der Waals surface area contributed by atoms with Gasteiger partial charge in [-0.25, -0.2) is 0 Å². The molecule has 0 fully saturated rings. The summed E-state index contributed by atoms with van der Waals surface area (Å²) in [6, 6.07) is 13.5. The van der Waals surface area contributed by atoms with E-state index < -0.39 is 6.36 Å². The maximum atomic E-state index is 12.6. The van der Waals surface area contributed by atoms with Crippen LogP contribution in [-0.4, -0.2) is 30.0 Å². The smallest absolute Gasteiger partial charge is 0.504 e. The van der Waals surface area contributed by atoms with Crippen molar-refractivity contribution >= 4 is 11.3 Å². The highest BCUT2D eigenvalue weighted by molar-refractivity contribution is 7.10. The molecule has 4 rings (SSSR count). The van der Waals surface area contributed by atoms with Gasteiger partial charge in [-0.3, -0.25) is 4.90 Å². The van der Waals surface area contributed by atoms with Gasteiger partial charge in [-0.15, -0.1) is 24.5 Å². The summed E-state index contributed by atoms with van der Waals surface area (Å²) >= 11 is 1.61. The fourth-order valence-corrected chi connectivity index (χ4v) is 4.75. The van der Waals surface area contributed by atoms with Gasteiger partial charge in [-0.1, -0.05) is 18.2 Å². The second-order valence-corrected chi connectivity index (χ2v) is 8.04. The minimum Gasteiger partial charge on any atom is -0.504 e. The topological polar surface area (TPSA) is 41.9 Å². The van der Waals surface area contributed by atoms with Gasteiger partial charge in [-0.2, -0.15) is 0 Å². The summed E-state index contributed by atoms with van der Waals surface area (Å²) in [5, 5.41) is 12.3. The number of alkyl halides is 3. The third kappa shape index (κ3) is 4.39. The molecule has 0 aliphatic carbocycles. The maximum absolute atomic E-state index is 12.6. The lowest BCUT2D eigenvalue weighted by atomic mass is 9.90. The number of fused-ring (bicyclic) bond motifs is 1. The summed E-state index contributed by atoms with van der Waals surface area (Å²) in [5.74, 6) is 0.275. The average molecular weight is 435 g/mol. The van der Waals surface area contributed by atoms with Crippen LogP contribution in [-0.2, 0) is 13.0 Å². The Morgan fingerprint density at radius 3 is 2.70 bits per heavy atom. The van der Waals surface area contributed by atoms with Gasteiger partial charge >= 0.3 is 6.36 Å². The Balaban J connectivity index is 1.67. The Labute approximate surface area is 176 Å². The Kier molecular flexibility index (Phi) is 5.62. The number of phenols is 1. The SMILES string of the molecule is COc1cc2c(cc1O)C(c1cccs1)N(Cc1cccc(OC(F)(F)F)c1)CC2. The lowest BCUT2D eigenvalue weighted by Gasteiger charge is -2.37. The molecule has 1 aromatic heterocycles. The predicted molar refractivity (Wildman–Crippen MR) is 108 cm³/mol. The van der Waals surface area contributed by atoms with Crippen LogP contribution >= 0.6 is 11.3 Å². The van der Waals surface area contributed by atoms with Crippen LogP contribution in [0.5, 0.6) is 17.2 Å². The largest absolute Gasteiger partial charge is 0.573 e. The molecule has 1 atom stereocenters. The summed E-state index contributed by atoms with van der Waals surface area (Å²) in [6.45, 7) is 1.16. The van der Waals surface area contributed by atoms with Gasteiger partial charge in [0.2, 0.25) is 0 Å². The zero-order chi connectivity index (χ0) is 21.3. The molecule has 0 bridgehead atoms. The zero-order valence-electron chi connectivity index (χ0n) is 16.1. The molecule has 8 heteroatoms. The molecule has 0 radical (unpaired) electrons. The van der Waals surface area contributed by atoms with Gasteiger partial charge in [-0.05, 0) is 58.8 Å². The number of methoxy groups -OCH3 is 1. The predicted octanol–water partition coefficient (Wildman–Crippen LogP) is 5.51. The van der Waals surface area contributed by atoms with Crippen LogP contribution in [0, 0.1) is 0 Å². The van der Waals surface area contributed by atoms with Crippen molar-refractivity contribution < 1.29 is 27.8 Å². The molecule has 0 saturated carbocycles. The molecule has 1 unspecified atom stereocenters. The Hall–Kier alpha value is -2.71. The Bertz CT molecular complexity index is 1020. The van der Waals surface area contributed by atoms with E-state index in [9.17, 15) is 18.3 Å². The third-order valence-electron chi connectivity index (χ3n) is 5.10. The van der Waals surface area contributed by atoms with E-state index in [-0.39, 0.29) is 17.5 Å². The van der Waals surface area contributed by atoms with Crippen molar-refractivity contribution in [1.82, 2.24) is 4.90 Å².